The Bertz CT molecular complexity index is 297. The maximum atomic E-state index is 12.6. The first-order valence-electron chi connectivity index (χ1n) is 7.25. The van der Waals surface area contributed by atoms with Gasteiger partial charge in [-0.2, -0.15) is 0 Å². The van der Waals surface area contributed by atoms with Gasteiger partial charge in [0, 0.05) is 18.0 Å². The highest BCUT2D eigenvalue weighted by molar-refractivity contribution is 5.80. The van der Waals surface area contributed by atoms with Crippen LogP contribution in [0.2, 0.25) is 0 Å². The Kier molecular flexibility index (Phi) is 3.51. The van der Waals surface area contributed by atoms with Crippen molar-refractivity contribution in [3.63, 3.8) is 0 Å². The molecule has 1 aliphatic carbocycles. The van der Waals surface area contributed by atoms with Gasteiger partial charge < -0.3 is 4.90 Å². The molecule has 2 fully saturated rings. The molecule has 0 aromatic rings. The Morgan fingerprint density at radius 3 is 2.29 bits per heavy atom. The second-order valence-corrected chi connectivity index (χ2v) is 6.74. The molecule has 0 radical (unpaired) electrons. The van der Waals surface area contributed by atoms with E-state index in [0.717, 1.165) is 5.92 Å². The quantitative estimate of drug-likeness (QED) is 0.737. The van der Waals surface area contributed by atoms with E-state index in [1.165, 1.54) is 19.3 Å². The molecule has 1 unspecified atom stereocenters. The van der Waals surface area contributed by atoms with Gasteiger partial charge in [-0.25, -0.2) is 0 Å². The van der Waals surface area contributed by atoms with Gasteiger partial charge in [-0.3, -0.25) is 4.79 Å². The number of piperidine rings is 1. The lowest BCUT2D eigenvalue weighted by molar-refractivity contribution is -0.142. The summed E-state index contributed by atoms with van der Waals surface area (Å²) in [7, 11) is 0. The van der Waals surface area contributed by atoms with E-state index in [-0.39, 0.29) is 5.92 Å². The Labute approximate surface area is 106 Å². The Morgan fingerprint density at radius 2 is 1.76 bits per heavy atom. The second-order valence-electron chi connectivity index (χ2n) is 6.74. The Hall–Kier alpha value is -0.530. The van der Waals surface area contributed by atoms with Gasteiger partial charge in [0.25, 0.3) is 0 Å². The molecule has 1 heterocycles. The zero-order valence-corrected chi connectivity index (χ0v) is 11.9. The molecule has 2 nitrogen and oxygen atoms in total. The number of nitrogens with zero attached hydrogens (tertiary/aromatic N) is 1. The fourth-order valence-electron chi connectivity index (χ4n) is 3.74. The summed E-state index contributed by atoms with van der Waals surface area (Å²) >= 11 is 0. The summed E-state index contributed by atoms with van der Waals surface area (Å²) < 4.78 is 0. The van der Waals surface area contributed by atoms with Crippen LogP contribution in [0.5, 0.6) is 0 Å². The molecule has 0 N–H and O–H groups in total. The maximum Gasteiger partial charge on any atom is 0.226 e. The molecule has 0 aromatic heterocycles. The van der Waals surface area contributed by atoms with Crippen LogP contribution in [-0.4, -0.2) is 22.9 Å². The summed E-state index contributed by atoms with van der Waals surface area (Å²) in [6.45, 7) is 10.9. The predicted octanol–water partition coefficient (Wildman–Crippen LogP) is 3.31. The monoisotopic (exact) mass is 237 g/mol. The van der Waals surface area contributed by atoms with Crippen LogP contribution in [0.15, 0.2) is 0 Å². The third-order valence-corrected chi connectivity index (χ3v) is 4.97. The van der Waals surface area contributed by atoms with Gasteiger partial charge >= 0.3 is 0 Å². The highest BCUT2D eigenvalue weighted by Gasteiger charge is 2.49. The van der Waals surface area contributed by atoms with Crippen molar-refractivity contribution in [1.29, 1.82) is 0 Å². The van der Waals surface area contributed by atoms with Crippen molar-refractivity contribution >= 4 is 5.91 Å². The van der Waals surface area contributed by atoms with Crippen molar-refractivity contribution in [2.24, 2.45) is 23.7 Å². The minimum Gasteiger partial charge on any atom is -0.336 e. The van der Waals surface area contributed by atoms with E-state index >= 15 is 0 Å². The predicted molar refractivity (Wildman–Crippen MR) is 70.6 cm³/mol. The number of amides is 1. The third kappa shape index (κ3) is 2.11. The van der Waals surface area contributed by atoms with Crippen molar-refractivity contribution in [2.75, 3.05) is 0 Å². The fraction of sp³-hybridized carbons (Fsp3) is 0.933. The maximum absolute atomic E-state index is 12.6. The first kappa shape index (κ1) is 12.9. The summed E-state index contributed by atoms with van der Waals surface area (Å²) in [5.74, 6) is 2.42. The lowest BCUT2D eigenvalue weighted by atomic mass is 9.87. The molecule has 17 heavy (non-hydrogen) atoms. The summed E-state index contributed by atoms with van der Waals surface area (Å²) in [4.78, 5) is 14.9. The number of hydrogen-bond donors (Lipinski definition) is 0. The van der Waals surface area contributed by atoms with E-state index in [0.29, 0.717) is 29.8 Å². The summed E-state index contributed by atoms with van der Waals surface area (Å²) in [6.07, 6.45) is 3.84. The lowest BCUT2D eigenvalue weighted by Gasteiger charge is -2.40. The number of fused-ring (bicyclic) bond motifs is 2. The normalized spacial score (nSPS) is 33.8. The van der Waals surface area contributed by atoms with Crippen molar-refractivity contribution in [1.82, 2.24) is 4.90 Å². The van der Waals surface area contributed by atoms with Crippen LogP contribution in [0.3, 0.4) is 0 Å². The molecule has 1 saturated heterocycles. The molecule has 0 aromatic carbocycles. The molecular formula is C15H27NO. The van der Waals surface area contributed by atoms with Gasteiger partial charge in [0.1, 0.15) is 0 Å². The largest absolute Gasteiger partial charge is 0.336 e. The van der Waals surface area contributed by atoms with E-state index < -0.39 is 0 Å². The average molecular weight is 237 g/mol. The topological polar surface area (TPSA) is 20.3 Å². The number of rotatable bonds is 3. The van der Waals surface area contributed by atoms with E-state index in [1.807, 2.05) is 0 Å². The molecule has 1 amide bonds. The number of hydrogen-bond acceptors (Lipinski definition) is 1. The molecular weight excluding hydrogens is 210 g/mol. The van der Waals surface area contributed by atoms with E-state index in [9.17, 15) is 4.79 Å². The van der Waals surface area contributed by atoms with E-state index in [2.05, 4.69) is 39.5 Å². The van der Waals surface area contributed by atoms with Gasteiger partial charge in [-0.15, -0.1) is 0 Å². The van der Waals surface area contributed by atoms with Gasteiger partial charge in [-0.1, -0.05) is 34.6 Å². The van der Waals surface area contributed by atoms with Crippen molar-refractivity contribution in [3.8, 4) is 0 Å². The molecule has 1 aliphatic heterocycles. The molecule has 2 bridgehead atoms. The molecule has 98 valence electrons. The number of carbonyl (C=O) groups excluding carboxylic acids is 1. The van der Waals surface area contributed by atoms with Crippen LogP contribution in [0.1, 0.15) is 53.9 Å². The zero-order valence-electron chi connectivity index (χ0n) is 11.9. The summed E-state index contributed by atoms with van der Waals surface area (Å²) in [6, 6.07) is 1.07. The molecule has 1 saturated carbocycles. The Balaban J connectivity index is 2.16. The van der Waals surface area contributed by atoms with Crippen molar-refractivity contribution in [3.05, 3.63) is 0 Å². The minimum atomic E-state index is 0.176. The smallest absolute Gasteiger partial charge is 0.226 e. The number of carbonyl (C=O) groups is 1. The summed E-state index contributed by atoms with van der Waals surface area (Å²) in [5.41, 5.74) is 0. The average Bonchev–Trinajstić information content (AvgIpc) is 2.85. The fourth-order valence-corrected chi connectivity index (χ4v) is 3.74. The molecule has 2 rings (SSSR count). The van der Waals surface area contributed by atoms with Crippen LogP contribution < -0.4 is 0 Å². The SMILES string of the molecule is CC(C)C1[C@@H]2CC[C@H](C2)N1C(=O)[C@@H](C)C(C)C. The van der Waals surface area contributed by atoms with Gasteiger partial charge in [0.05, 0.1) is 0 Å². The molecule has 4 atom stereocenters. The molecule has 0 spiro atoms. The van der Waals surface area contributed by atoms with Crippen LogP contribution in [0, 0.1) is 23.7 Å². The van der Waals surface area contributed by atoms with Gasteiger partial charge in [0.15, 0.2) is 0 Å². The minimum absolute atomic E-state index is 0.176. The van der Waals surface area contributed by atoms with Gasteiger partial charge in [0.2, 0.25) is 5.91 Å². The zero-order chi connectivity index (χ0) is 12.7. The first-order valence-corrected chi connectivity index (χ1v) is 7.25. The van der Waals surface area contributed by atoms with Crippen LogP contribution in [0.4, 0.5) is 0 Å². The lowest BCUT2D eigenvalue weighted by Crippen LogP contribution is -2.50. The Morgan fingerprint density at radius 1 is 1.12 bits per heavy atom. The number of likely N-dealkylation sites (tertiary alicyclic amines) is 1. The highest BCUT2D eigenvalue weighted by Crippen LogP contribution is 2.45. The van der Waals surface area contributed by atoms with E-state index in [1.54, 1.807) is 0 Å². The van der Waals surface area contributed by atoms with Crippen LogP contribution >= 0.6 is 0 Å². The third-order valence-electron chi connectivity index (χ3n) is 4.97. The van der Waals surface area contributed by atoms with E-state index in [4.69, 9.17) is 0 Å². The van der Waals surface area contributed by atoms with Gasteiger partial charge in [-0.05, 0) is 37.0 Å². The van der Waals surface area contributed by atoms with Crippen LogP contribution in [0.25, 0.3) is 0 Å². The van der Waals surface area contributed by atoms with Crippen LogP contribution in [-0.2, 0) is 4.79 Å². The second kappa shape index (κ2) is 4.62. The molecule has 2 aliphatic rings. The van der Waals surface area contributed by atoms with Crippen molar-refractivity contribution < 1.29 is 4.79 Å². The first-order chi connectivity index (χ1) is 7.93. The molecule has 2 heteroatoms. The standard InChI is InChI=1S/C15H27NO/c1-9(2)11(5)15(17)16-13-7-6-12(8-13)14(16)10(3)4/h9-14H,6-8H2,1-5H3/t11-,12+,13+,14?/m0/s1. The summed E-state index contributed by atoms with van der Waals surface area (Å²) in [5, 5.41) is 0. The van der Waals surface area contributed by atoms with Crippen molar-refractivity contribution in [2.45, 2.75) is 66.0 Å². The highest BCUT2D eigenvalue weighted by atomic mass is 16.2.